The number of rotatable bonds is 3. The van der Waals surface area contributed by atoms with Gasteiger partial charge in [-0.1, -0.05) is 12.1 Å². The van der Waals surface area contributed by atoms with Gasteiger partial charge in [0.15, 0.2) is 6.19 Å². The zero-order valence-corrected chi connectivity index (χ0v) is 10.8. The standard InChI is InChI=1S/C14H14N6/c15-8-17-14(20-12-5-6-12)19-11-3-1-10(2-4-11)13-7-16-9-18-13/h1-4,7,9,12H,5-6H2,(H,16,18)(H2,17,19,20). The Labute approximate surface area is 116 Å². The number of nitrogens with zero attached hydrogens (tertiary/aromatic N) is 3. The molecule has 20 heavy (non-hydrogen) atoms. The van der Waals surface area contributed by atoms with Gasteiger partial charge in [-0.3, -0.25) is 5.32 Å². The van der Waals surface area contributed by atoms with Crippen LogP contribution in [0.1, 0.15) is 12.8 Å². The van der Waals surface area contributed by atoms with Crippen LogP contribution in [-0.2, 0) is 0 Å². The second-order valence-corrected chi connectivity index (χ2v) is 4.61. The topological polar surface area (TPSA) is 88.9 Å². The molecule has 0 spiro atoms. The molecule has 100 valence electrons. The Balaban J connectivity index is 1.72. The highest BCUT2D eigenvalue weighted by Gasteiger charge is 2.21. The largest absolute Gasteiger partial charge is 0.345 e. The molecule has 0 amide bonds. The maximum Gasteiger partial charge on any atom is 0.209 e. The number of hydrogen-bond donors (Lipinski definition) is 3. The van der Waals surface area contributed by atoms with Crippen LogP contribution in [0.3, 0.4) is 0 Å². The summed E-state index contributed by atoms with van der Waals surface area (Å²) in [5.41, 5.74) is 2.91. The molecule has 1 aromatic carbocycles. The summed E-state index contributed by atoms with van der Waals surface area (Å²) in [6.07, 6.45) is 7.52. The van der Waals surface area contributed by atoms with Gasteiger partial charge in [-0.05, 0) is 30.5 Å². The first-order valence-electron chi connectivity index (χ1n) is 6.44. The van der Waals surface area contributed by atoms with Crippen LogP contribution in [0.4, 0.5) is 5.69 Å². The molecule has 1 aliphatic rings. The van der Waals surface area contributed by atoms with Crippen molar-refractivity contribution in [3.05, 3.63) is 36.8 Å². The zero-order valence-electron chi connectivity index (χ0n) is 10.8. The third-order valence-electron chi connectivity index (χ3n) is 2.99. The Hall–Kier alpha value is -2.81. The summed E-state index contributed by atoms with van der Waals surface area (Å²) >= 11 is 0. The molecule has 0 atom stereocenters. The SMILES string of the molecule is N#CNC(=NC1CC1)Nc1ccc(-c2cnc[nH]2)cc1. The number of aliphatic imine (C=N–C) groups is 1. The summed E-state index contributed by atoms with van der Waals surface area (Å²) in [4.78, 5) is 11.5. The fraction of sp³-hybridized carbons (Fsp3) is 0.214. The van der Waals surface area contributed by atoms with Crippen molar-refractivity contribution in [2.24, 2.45) is 4.99 Å². The average molecular weight is 266 g/mol. The van der Waals surface area contributed by atoms with Crippen LogP contribution < -0.4 is 10.6 Å². The number of anilines is 1. The first-order valence-corrected chi connectivity index (χ1v) is 6.44. The summed E-state index contributed by atoms with van der Waals surface area (Å²) in [5, 5.41) is 14.4. The Morgan fingerprint density at radius 2 is 2.15 bits per heavy atom. The predicted molar refractivity (Wildman–Crippen MR) is 76.9 cm³/mol. The second kappa shape index (κ2) is 5.45. The number of imidazole rings is 1. The van der Waals surface area contributed by atoms with Gasteiger partial charge < -0.3 is 10.3 Å². The van der Waals surface area contributed by atoms with Crippen molar-refractivity contribution in [1.82, 2.24) is 15.3 Å². The normalized spacial score (nSPS) is 14.7. The predicted octanol–water partition coefficient (Wildman–Crippen LogP) is 2.08. The van der Waals surface area contributed by atoms with Gasteiger partial charge in [-0.25, -0.2) is 9.98 Å². The molecule has 3 N–H and O–H groups in total. The molecular weight excluding hydrogens is 252 g/mol. The molecule has 3 rings (SSSR count). The van der Waals surface area contributed by atoms with Crippen LogP contribution in [0.15, 0.2) is 41.8 Å². The molecule has 0 radical (unpaired) electrons. The maximum atomic E-state index is 8.72. The minimum Gasteiger partial charge on any atom is -0.345 e. The van der Waals surface area contributed by atoms with E-state index in [0.29, 0.717) is 12.0 Å². The number of benzene rings is 1. The summed E-state index contributed by atoms with van der Waals surface area (Å²) < 4.78 is 0. The Bertz CT molecular complexity index is 631. The van der Waals surface area contributed by atoms with E-state index >= 15 is 0 Å². The molecule has 1 heterocycles. The number of guanidine groups is 1. The number of nitrogens with one attached hydrogen (secondary N) is 3. The first-order chi connectivity index (χ1) is 9.85. The van der Waals surface area contributed by atoms with Crippen molar-refractivity contribution in [3.8, 4) is 17.5 Å². The smallest absolute Gasteiger partial charge is 0.209 e. The van der Waals surface area contributed by atoms with Crippen molar-refractivity contribution < 1.29 is 0 Å². The summed E-state index contributed by atoms with van der Waals surface area (Å²) in [6.45, 7) is 0. The quantitative estimate of drug-likeness (QED) is 0.343. The van der Waals surface area contributed by atoms with Crippen molar-refractivity contribution in [3.63, 3.8) is 0 Å². The van der Waals surface area contributed by atoms with Gasteiger partial charge in [0.2, 0.25) is 5.96 Å². The molecule has 6 nitrogen and oxygen atoms in total. The van der Waals surface area contributed by atoms with Gasteiger partial charge in [-0.2, -0.15) is 5.26 Å². The Kier molecular flexibility index (Phi) is 3.33. The highest BCUT2D eigenvalue weighted by atomic mass is 15.2. The van der Waals surface area contributed by atoms with Crippen LogP contribution in [0.5, 0.6) is 0 Å². The van der Waals surface area contributed by atoms with Gasteiger partial charge in [-0.15, -0.1) is 0 Å². The number of aromatic amines is 1. The molecule has 1 fully saturated rings. The molecule has 0 aliphatic heterocycles. The fourth-order valence-corrected chi connectivity index (χ4v) is 1.82. The molecule has 1 aliphatic carbocycles. The lowest BCUT2D eigenvalue weighted by Gasteiger charge is -2.08. The monoisotopic (exact) mass is 266 g/mol. The van der Waals surface area contributed by atoms with E-state index in [1.165, 1.54) is 0 Å². The van der Waals surface area contributed by atoms with E-state index in [2.05, 4.69) is 25.6 Å². The van der Waals surface area contributed by atoms with Crippen molar-refractivity contribution in [2.45, 2.75) is 18.9 Å². The first kappa shape index (κ1) is 12.2. The highest BCUT2D eigenvalue weighted by molar-refractivity contribution is 5.94. The van der Waals surface area contributed by atoms with Gasteiger partial charge in [0.05, 0.1) is 24.3 Å². The molecular formula is C14H14N6. The summed E-state index contributed by atoms with van der Waals surface area (Å²) in [6, 6.07) is 8.20. The summed E-state index contributed by atoms with van der Waals surface area (Å²) in [7, 11) is 0. The van der Waals surface area contributed by atoms with E-state index in [0.717, 1.165) is 29.8 Å². The number of H-pyrrole nitrogens is 1. The number of aromatic nitrogens is 2. The number of hydrogen-bond acceptors (Lipinski definition) is 3. The van der Waals surface area contributed by atoms with Crippen LogP contribution >= 0.6 is 0 Å². The van der Waals surface area contributed by atoms with Gasteiger partial charge in [0.1, 0.15) is 0 Å². The molecule has 2 aromatic rings. The van der Waals surface area contributed by atoms with E-state index in [1.54, 1.807) is 12.5 Å². The van der Waals surface area contributed by atoms with Crippen LogP contribution in [0.2, 0.25) is 0 Å². The summed E-state index contributed by atoms with van der Waals surface area (Å²) in [5.74, 6) is 0.504. The zero-order chi connectivity index (χ0) is 13.8. The van der Waals surface area contributed by atoms with Crippen LogP contribution in [0.25, 0.3) is 11.3 Å². The molecule has 6 heteroatoms. The van der Waals surface area contributed by atoms with E-state index in [9.17, 15) is 0 Å². The van der Waals surface area contributed by atoms with E-state index in [4.69, 9.17) is 5.26 Å². The van der Waals surface area contributed by atoms with Gasteiger partial charge in [0.25, 0.3) is 0 Å². The fourth-order valence-electron chi connectivity index (χ4n) is 1.82. The Morgan fingerprint density at radius 1 is 1.35 bits per heavy atom. The third kappa shape index (κ3) is 2.95. The molecule has 1 aromatic heterocycles. The van der Waals surface area contributed by atoms with Gasteiger partial charge in [0, 0.05) is 5.69 Å². The lowest BCUT2D eigenvalue weighted by atomic mass is 10.1. The van der Waals surface area contributed by atoms with E-state index in [-0.39, 0.29) is 0 Å². The maximum absolute atomic E-state index is 8.72. The molecule has 0 unspecified atom stereocenters. The lowest BCUT2D eigenvalue weighted by Crippen LogP contribution is -2.27. The van der Waals surface area contributed by atoms with Crippen molar-refractivity contribution in [2.75, 3.05) is 5.32 Å². The molecule has 0 saturated heterocycles. The molecule has 1 saturated carbocycles. The van der Waals surface area contributed by atoms with Crippen molar-refractivity contribution >= 4 is 11.6 Å². The number of nitriles is 1. The molecule has 0 bridgehead atoms. The average Bonchev–Trinajstić information content (AvgIpc) is 3.10. The Morgan fingerprint density at radius 3 is 2.75 bits per heavy atom. The highest BCUT2D eigenvalue weighted by Crippen LogP contribution is 2.24. The van der Waals surface area contributed by atoms with Crippen LogP contribution in [-0.4, -0.2) is 22.0 Å². The lowest BCUT2D eigenvalue weighted by molar-refractivity contribution is 1.04. The minimum absolute atomic E-state index is 0.350. The van der Waals surface area contributed by atoms with Crippen LogP contribution in [0, 0.1) is 11.5 Å². The van der Waals surface area contributed by atoms with E-state index in [1.807, 2.05) is 30.5 Å². The second-order valence-electron chi connectivity index (χ2n) is 4.61. The van der Waals surface area contributed by atoms with Crippen molar-refractivity contribution in [1.29, 1.82) is 5.26 Å². The third-order valence-corrected chi connectivity index (χ3v) is 2.99. The van der Waals surface area contributed by atoms with Gasteiger partial charge >= 0.3 is 0 Å². The minimum atomic E-state index is 0.350. The van der Waals surface area contributed by atoms with E-state index < -0.39 is 0 Å².